The Bertz CT molecular complexity index is 274. The van der Waals surface area contributed by atoms with Gasteiger partial charge in [0.15, 0.2) is 0 Å². The number of ether oxygens (including phenoxy) is 4. The van der Waals surface area contributed by atoms with E-state index in [0.717, 1.165) is 0 Å². The Balaban J connectivity index is 2.90. The van der Waals surface area contributed by atoms with Gasteiger partial charge in [-0.1, -0.05) is 0 Å². The van der Waals surface area contributed by atoms with Crippen molar-refractivity contribution in [1.29, 1.82) is 0 Å². The molecule has 0 aromatic heterocycles. The van der Waals surface area contributed by atoms with Crippen LogP contribution in [0.5, 0.6) is 0 Å². The van der Waals surface area contributed by atoms with E-state index >= 15 is 0 Å². The lowest BCUT2D eigenvalue weighted by atomic mass is 9.92. The summed E-state index contributed by atoms with van der Waals surface area (Å²) in [7, 11) is 6.11. The molecule has 3 atom stereocenters. The highest BCUT2D eigenvalue weighted by Gasteiger charge is 2.35. The third-order valence-electron chi connectivity index (χ3n) is 2.77. The summed E-state index contributed by atoms with van der Waals surface area (Å²) in [5, 5.41) is 0. The number of carbonyl (C=O) groups excluding carboxylic acids is 1. The van der Waals surface area contributed by atoms with Crippen molar-refractivity contribution >= 4 is 5.97 Å². The molecule has 5 nitrogen and oxygen atoms in total. The number of esters is 1. The molecule has 16 heavy (non-hydrogen) atoms. The fourth-order valence-corrected chi connectivity index (χ4v) is 1.89. The lowest BCUT2D eigenvalue weighted by Gasteiger charge is -2.33. The molecule has 0 bridgehead atoms. The second kappa shape index (κ2) is 5.98. The van der Waals surface area contributed by atoms with Crippen LogP contribution in [0.15, 0.2) is 11.6 Å². The minimum atomic E-state index is -0.348. The van der Waals surface area contributed by atoms with Crippen LogP contribution in [0.1, 0.15) is 6.42 Å². The molecule has 0 N–H and O–H groups in total. The maximum Gasteiger partial charge on any atom is 0.333 e. The van der Waals surface area contributed by atoms with E-state index in [1.807, 2.05) is 0 Å². The number of methoxy groups -OCH3 is 4. The molecule has 92 valence electrons. The molecule has 5 heteroatoms. The van der Waals surface area contributed by atoms with Crippen LogP contribution in [-0.4, -0.2) is 52.7 Å². The van der Waals surface area contributed by atoms with Gasteiger partial charge in [-0.2, -0.15) is 0 Å². The number of hydrogen-bond donors (Lipinski definition) is 0. The summed E-state index contributed by atoms with van der Waals surface area (Å²) < 4.78 is 20.6. The first-order chi connectivity index (χ1) is 7.67. The standard InChI is InChI=1S/C11H18O5/c1-13-8-5-7(11(12)16-4)6-9(14-2)10(8)15-3/h5,8-10H,6H2,1-4H3. The van der Waals surface area contributed by atoms with Gasteiger partial charge in [0.25, 0.3) is 0 Å². The molecular weight excluding hydrogens is 212 g/mol. The summed E-state index contributed by atoms with van der Waals surface area (Å²) in [5.74, 6) is -0.348. The summed E-state index contributed by atoms with van der Waals surface area (Å²) in [6.45, 7) is 0. The van der Waals surface area contributed by atoms with Gasteiger partial charge in [0.2, 0.25) is 0 Å². The summed E-state index contributed by atoms with van der Waals surface area (Å²) >= 11 is 0. The average molecular weight is 230 g/mol. The second-order valence-electron chi connectivity index (χ2n) is 3.56. The van der Waals surface area contributed by atoms with E-state index in [2.05, 4.69) is 4.74 Å². The molecule has 0 radical (unpaired) electrons. The van der Waals surface area contributed by atoms with E-state index < -0.39 is 0 Å². The predicted molar refractivity (Wildman–Crippen MR) is 57.1 cm³/mol. The van der Waals surface area contributed by atoms with Crippen molar-refractivity contribution in [2.24, 2.45) is 0 Å². The summed E-state index contributed by atoms with van der Waals surface area (Å²) in [6, 6.07) is 0. The topological polar surface area (TPSA) is 54.0 Å². The fourth-order valence-electron chi connectivity index (χ4n) is 1.89. The largest absolute Gasteiger partial charge is 0.466 e. The highest BCUT2D eigenvalue weighted by Crippen LogP contribution is 2.25. The second-order valence-corrected chi connectivity index (χ2v) is 3.56. The monoisotopic (exact) mass is 230 g/mol. The number of rotatable bonds is 4. The molecule has 0 fully saturated rings. The van der Waals surface area contributed by atoms with Gasteiger partial charge in [0, 0.05) is 33.3 Å². The van der Waals surface area contributed by atoms with Crippen molar-refractivity contribution < 1.29 is 23.7 Å². The Morgan fingerprint density at radius 2 is 1.88 bits per heavy atom. The highest BCUT2D eigenvalue weighted by molar-refractivity contribution is 5.88. The molecule has 1 aliphatic rings. The van der Waals surface area contributed by atoms with E-state index in [1.165, 1.54) is 7.11 Å². The molecule has 0 heterocycles. The zero-order valence-corrected chi connectivity index (χ0v) is 10.1. The van der Waals surface area contributed by atoms with Gasteiger partial charge in [-0.25, -0.2) is 4.79 Å². The molecular formula is C11H18O5. The Labute approximate surface area is 95.3 Å². The zero-order valence-electron chi connectivity index (χ0n) is 10.1. The zero-order chi connectivity index (χ0) is 12.1. The van der Waals surface area contributed by atoms with Crippen LogP contribution < -0.4 is 0 Å². The van der Waals surface area contributed by atoms with Gasteiger partial charge < -0.3 is 18.9 Å². The maximum absolute atomic E-state index is 11.4. The first kappa shape index (κ1) is 13.2. The first-order valence-corrected chi connectivity index (χ1v) is 5.05. The van der Waals surface area contributed by atoms with Crippen molar-refractivity contribution in [2.75, 3.05) is 28.4 Å². The van der Waals surface area contributed by atoms with E-state index in [-0.39, 0.29) is 24.3 Å². The molecule has 0 spiro atoms. The Morgan fingerprint density at radius 1 is 1.19 bits per heavy atom. The van der Waals surface area contributed by atoms with Crippen LogP contribution in [0.3, 0.4) is 0 Å². The Hall–Kier alpha value is -0.910. The summed E-state index contributed by atoms with van der Waals surface area (Å²) in [5.41, 5.74) is 0.564. The SMILES string of the molecule is COC(=O)C1=CC(OC)C(OC)C(OC)C1. The minimum Gasteiger partial charge on any atom is -0.466 e. The third-order valence-corrected chi connectivity index (χ3v) is 2.77. The van der Waals surface area contributed by atoms with Crippen LogP contribution in [0, 0.1) is 0 Å². The molecule has 0 saturated heterocycles. The maximum atomic E-state index is 11.4. The van der Waals surface area contributed by atoms with Gasteiger partial charge in [-0.3, -0.25) is 0 Å². The van der Waals surface area contributed by atoms with Crippen molar-refractivity contribution in [1.82, 2.24) is 0 Å². The molecule has 0 aromatic carbocycles. The van der Waals surface area contributed by atoms with E-state index in [0.29, 0.717) is 12.0 Å². The smallest absolute Gasteiger partial charge is 0.333 e. The molecule has 0 aliphatic heterocycles. The molecule has 1 rings (SSSR count). The van der Waals surface area contributed by atoms with Gasteiger partial charge in [0.05, 0.1) is 13.2 Å². The van der Waals surface area contributed by atoms with Gasteiger partial charge in [-0.15, -0.1) is 0 Å². The minimum absolute atomic E-state index is 0.200. The Morgan fingerprint density at radius 3 is 2.31 bits per heavy atom. The van der Waals surface area contributed by atoms with Crippen molar-refractivity contribution in [3.8, 4) is 0 Å². The molecule has 0 amide bonds. The van der Waals surface area contributed by atoms with Crippen LogP contribution >= 0.6 is 0 Å². The van der Waals surface area contributed by atoms with Crippen LogP contribution in [0.25, 0.3) is 0 Å². The lowest BCUT2D eigenvalue weighted by Crippen LogP contribution is -2.44. The quantitative estimate of drug-likeness (QED) is 0.660. The van der Waals surface area contributed by atoms with Gasteiger partial charge in [0.1, 0.15) is 12.2 Å². The normalized spacial score (nSPS) is 29.8. The number of hydrogen-bond acceptors (Lipinski definition) is 5. The average Bonchev–Trinajstić information content (AvgIpc) is 2.35. The highest BCUT2D eigenvalue weighted by atomic mass is 16.6. The van der Waals surface area contributed by atoms with Crippen molar-refractivity contribution in [2.45, 2.75) is 24.7 Å². The number of carbonyl (C=O) groups is 1. The van der Waals surface area contributed by atoms with E-state index in [1.54, 1.807) is 27.4 Å². The summed E-state index contributed by atoms with van der Waals surface area (Å²) in [4.78, 5) is 11.4. The van der Waals surface area contributed by atoms with Crippen molar-refractivity contribution in [3.05, 3.63) is 11.6 Å². The molecule has 1 aliphatic carbocycles. The van der Waals surface area contributed by atoms with Gasteiger partial charge in [-0.05, 0) is 6.08 Å². The van der Waals surface area contributed by atoms with Crippen LogP contribution in [-0.2, 0) is 23.7 Å². The first-order valence-electron chi connectivity index (χ1n) is 5.05. The van der Waals surface area contributed by atoms with E-state index in [4.69, 9.17) is 14.2 Å². The van der Waals surface area contributed by atoms with Gasteiger partial charge >= 0.3 is 5.97 Å². The summed E-state index contributed by atoms with van der Waals surface area (Å²) in [6.07, 6.45) is 1.51. The van der Waals surface area contributed by atoms with Crippen LogP contribution in [0.4, 0.5) is 0 Å². The predicted octanol–water partition coefficient (Wildman–Crippen LogP) is 0.534. The Kier molecular flexibility index (Phi) is 4.92. The molecule has 0 aromatic rings. The van der Waals surface area contributed by atoms with Crippen LogP contribution in [0.2, 0.25) is 0 Å². The molecule has 3 unspecified atom stereocenters. The van der Waals surface area contributed by atoms with Crippen molar-refractivity contribution in [3.63, 3.8) is 0 Å². The fraction of sp³-hybridized carbons (Fsp3) is 0.727. The lowest BCUT2D eigenvalue weighted by molar-refractivity contribution is -0.139. The van der Waals surface area contributed by atoms with E-state index in [9.17, 15) is 4.79 Å². The third kappa shape index (κ3) is 2.61. The molecule has 0 saturated carbocycles.